The van der Waals surface area contributed by atoms with E-state index in [9.17, 15) is 29.7 Å². The Morgan fingerprint density at radius 2 is 1.56 bits per heavy atom. The average molecular weight is 378 g/mol. The fraction of sp³-hybridized carbons (Fsp3) is 0.571. The van der Waals surface area contributed by atoms with Gasteiger partial charge in [0, 0.05) is 19.3 Å². The van der Waals surface area contributed by atoms with Crippen LogP contribution >= 0.6 is 0 Å². The Morgan fingerprint density at radius 1 is 1.04 bits per heavy atom. The van der Waals surface area contributed by atoms with Crippen LogP contribution in [0.4, 0.5) is 0 Å². The SMILES string of the molecule is CC(C)=CCC(=O)[C@@]1(O)C(=O)C(C(=O)CC(C)C)=C(O)C1(O)CC=C(C)C. The molecule has 27 heavy (non-hydrogen) atoms. The first-order valence-electron chi connectivity index (χ1n) is 9.05. The third kappa shape index (κ3) is 4.28. The fourth-order valence-electron chi connectivity index (χ4n) is 2.98. The van der Waals surface area contributed by atoms with E-state index in [1.807, 2.05) is 0 Å². The maximum Gasteiger partial charge on any atom is 0.223 e. The van der Waals surface area contributed by atoms with Crippen molar-refractivity contribution in [1.82, 2.24) is 0 Å². The Morgan fingerprint density at radius 3 is 2.00 bits per heavy atom. The number of carbonyl (C=O) groups is 3. The highest BCUT2D eigenvalue weighted by Gasteiger charge is 2.68. The molecule has 0 saturated carbocycles. The molecule has 0 saturated heterocycles. The molecule has 3 N–H and O–H groups in total. The first-order valence-corrected chi connectivity index (χ1v) is 9.05. The molecule has 0 spiro atoms. The van der Waals surface area contributed by atoms with Crippen molar-refractivity contribution >= 4 is 17.3 Å². The van der Waals surface area contributed by atoms with Crippen molar-refractivity contribution in [2.75, 3.05) is 0 Å². The van der Waals surface area contributed by atoms with E-state index in [-0.39, 0.29) is 25.2 Å². The maximum atomic E-state index is 12.9. The highest BCUT2D eigenvalue weighted by Crippen LogP contribution is 2.44. The van der Waals surface area contributed by atoms with Gasteiger partial charge in [-0.3, -0.25) is 14.4 Å². The van der Waals surface area contributed by atoms with E-state index in [4.69, 9.17) is 0 Å². The van der Waals surface area contributed by atoms with Crippen LogP contribution in [0.3, 0.4) is 0 Å². The Hall–Kier alpha value is -2.05. The van der Waals surface area contributed by atoms with Gasteiger partial charge >= 0.3 is 0 Å². The van der Waals surface area contributed by atoms with E-state index in [1.54, 1.807) is 41.5 Å². The van der Waals surface area contributed by atoms with Gasteiger partial charge in [0.25, 0.3) is 0 Å². The van der Waals surface area contributed by atoms with Gasteiger partial charge in [-0.1, -0.05) is 37.1 Å². The third-order valence-corrected chi connectivity index (χ3v) is 4.56. The van der Waals surface area contributed by atoms with E-state index < -0.39 is 39.9 Å². The van der Waals surface area contributed by atoms with Crippen LogP contribution in [0.1, 0.15) is 60.8 Å². The lowest BCUT2D eigenvalue weighted by Gasteiger charge is -2.35. The van der Waals surface area contributed by atoms with Crippen LogP contribution in [0.2, 0.25) is 0 Å². The summed E-state index contributed by atoms with van der Waals surface area (Å²) in [7, 11) is 0. The van der Waals surface area contributed by atoms with Crippen LogP contribution in [0.15, 0.2) is 34.6 Å². The number of hydrogen-bond acceptors (Lipinski definition) is 6. The standard InChI is InChI=1S/C21H30O6/c1-12(2)7-8-16(23)21(27)19(25)17(15(22)11-14(5)6)18(24)20(21,26)10-9-13(3)4/h7,9,14,24,26-27H,8,10-11H2,1-6H3/t20?,21-/m1/s1. The van der Waals surface area contributed by atoms with Crippen molar-refractivity contribution in [2.24, 2.45) is 5.92 Å². The van der Waals surface area contributed by atoms with Gasteiger partial charge < -0.3 is 15.3 Å². The molecule has 0 fully saturated rings. The normalized spacial score (nSPS) is 25.0. The number of allylic oxidation sites excluding steroid dienone is 3. The molecular formula is C21H30O6. The molecule has 6 heteroatoms. The summed E-state index contributed by atoms with van der Waals surface area (Å²) in [6, 6.07) is 0. The molecule has 0 radical (unpaired) electrons. The molecule has 1 unspecified atom stereocenters. The predicted molar refractivity (Wildman–Crippen MR) is 102 cm³/mol. The summed E-state index contributed by atoms with van der Waals surface area (Å²) in [6.45, 7) is 10.5. The zero-order valence-corrected chi connectivity index (χ0v) is 16.9. The topological polar surface area (TPSA) is 112 Å². The summed E-state index contributed by atoms with van der Waals surface area (Å²) >= 11 is 0. The highest BCUT2D eigenvalue weighted by atomic mass is 16.4. The van der Waals surface area contributed by atoms with Gasteiger partial charge in [-0.05, 0) is 33.6 Å². The molecule has 1 aliphatic rings. The van der Waals surface area contributed by atoms with Crippen LogP contribution in [0, 0.1) is 5.92 Å². The molecule has 1 rings (SSSR count). The minimum Gasteiger partial charge on any atom is -0.508 e. The van der Waals surface area contributed by atoms with Gasteiger partial charge in [0.2, 0.25) is 11.4 Å². The van der Waals surface area contributed by atoms with Crippen LogP contribution in [0.25, 0.3) is 0 Å². The summed E-state index contributed by atoms with van der Waals surface area (Å²) in [5.41, 5.74) is -4.61. The van der Waals surface area contributed by atoms with Crippen LogP contribution < -0.4 is 0 Å². The second kappa shape index (κ2) is 8.31. The van der Waals surface area contributed by atoms with Gasteiger partial charge in [-0.25, -0.2) is 0 Å². The minimum absolute atomic E-state index is 0.0535. The second-order valence-corrected chi connectivity index (χ2v) is 8.04. The van der Waals surface area contributed by atoms with E-state index in [0.717, 1.165) is 11.1 Å². The van der Waals surface area contributed by atoms with E-state index >= 15 is 0 Å². The lowest BCUT2D eigenvalue weighted by Crippen LogP contribution is -2.61. The van der Waals surface area contributed by atoms with Crippen molar-refractivity contribution < 1.29 is 29.7 Å². The third-order valence-electron chi connectivity index (χ3n) is 4.56. The van der Waals surface area contributed by atoms with E-state index in [1.165, 1.54) is 12.2 Å². The summed E-state index contributed by atoms with van der Waals surface area (Å²) in [4.78, 5) is 38.1. The summed E-state index contributed by atoms with van der Waals surface area (Å²) in [5.74, 6) is -3.93. The Balaban J connectivity index is 3.55. The van der Waals surface area contributed by atoms with Gasteiger partial charge in [-0.2, -0.15) is 0 Å². The molecule has 0 aromatic heterocycles. The molecular weight excluding hydrogens is 348 g/mol. The van der Waals surface area contributed by atoms with Crippen LogP contribution in [0.5, 0.6) is 0 Å². The lowest BCUT2D eigenvalue weighted by atomic mass is 9.76. The van der Waals surface area contributed by atoms with Gasteiger partial charge in [-0.15, -0.1) is 0 Å². The first kappa shape index (κ1) is 23.0. The number of rotatable bonds is 8. The molecule has 6 nitrogen and oxygen atoms in total. The number of aliphatic hydroxyl groups excluding tert-OH is 1. The summed E-state index contributed by atoms with van der Waals surface area (Å²) < 4.78 is 0. The smallest absolute Gasteiger partial charge is 0.223 e. The number of aliphatic hydroxyl groups is 3. The second-order valence-electron chi connectivity index (χ2n) is 8.04. The van der Waals surface area contributed by atoms with Gasteiger partial charge in [0.05, 0.1) is 0 Å². The van der Waals surface area contributed by atoms with Crippen LogP contribution in [-0.2, 0) is 14.4 Å². The molecule has 0 amide bonds. The predicted octanol–water partition coefficient (Wildman–Crippen LogP) is 2.74. The monoisotopic (exact) mass is 378 g/mol. The zero-order chi connectivity index (χ0) is 21.2. The van der Waals surface area contributed by atoms with Gasteiger partial charge in [0.15, 0.2) is 17.2 Å². The average Bonchev–Trinajstić information content (AvgIpc) is 2.69. The van der Waals surface area contributed by atoms with Crippen molar-refractivity contribution in [2.45, 2.75) is 72.0 Å². The van der Waals surface area contributed by atoms with Crippen molar-refractivity contribution in [3.8, 4) is 0 Å². The molecule has 0 aromatic rings. The minimum atomic E-state index is -2.91. The molecule has 150 valence electrons. The van der Waals surface area contributed by atoms with E-state index in [0.29, 0.717) is 0 Å². The number of carbonyl (C=O) groups excluding carboxylic acids is 3. The quantitative estimate of drug-likeness (QED) is 0.340. The Labute approximate surface area is 160 Å². The number of ketones is 3. The maximum absolute atomic E-state index is 12.9. The largest absolute Gasteiger partial charge is 0.508 e. The van der Waals surface area contributed by atoms with Crippen LogP contribution in [-0.4, -0.2) is 43.9 Å². The molecule has 0 heterocycles. The Kier molecular flexibility index (Phi) is 7.08. The number of hydrogen-bond donors (Lipinski definition) is 3. The molecule has 0 aliphatic heterocycles. The molecule has 0 bridgehead atoms. The number of Topliss-reactive ketones (excluding diaryl/α,β-unsaturated/α-hetero) is 3. The molecule has 0 aromatic carbocycles. The lowest BCUT2D eigenvalue weighted by molar-refractivity contribution is -0.171. The van der Waals surface area contributed by atoms with Gasteiger partial charge in [0.1, 0.15) is 11.3 Å². The summed E-state index contributed by atoms with van der Waals surface area (Å²) in [6.07, 6.45) is 2.28. The first-order chi connectivity index (χ1) is 12.3. The zero-order valence-electron chi connectivity index (χ0n) is 16.9. The fourth-order valence-corrected chi connectivity index (χ4v) is 2.98. The molecule has 1 aliphatic carbocycles. The highest BCUT2D eigenvalue weighted by molar-refractivity contribution is 6.32. The van der Waals surface area contributed by atoms with Crippen molar-refractivity contribution in [3.05, 3.63) is 34.6 Å². The molecule has 2 atom stereocenters. The summed E-state index contributed by atoms with van der Waals surface area (Å²) in [5, 5.41) is 32.7. The van der Waals surface area contributed by atoms with E-state index in [2.05, 4.69) is 0 Å². The Bertz CT molecular complexity index is 732. The van der Waals surface area contributed by atoms with Crippen molar-refractivity contribution in [1.29, 1.82) is 0 Å². The van der Waals surface area contributed by atoms with Crippen molar-refractivity contribution in [3.63, 3.8) is 0 Å².